The number of hydrogen-bond donors (Lipinski definition) is 1. The van der Waals surface area contributed by atoms with Gasteiger partial charge in [0, 0.05) is 24.2 Å². The third-order valence-corrected chi connectivity index (χ3v) is 6.29. The summed E-state index contributed by atoms with van der Waals surface area (Å²) < 4.78 is 26.8. The molecule has 0 bridgehead atoms. The minimum Gasteiger partial charge on any atom is -0.398 e. The smallest absolute Gasteiger partial charge is 0.243 e. The van der Waals surface area contributed by atoms with Gasteiger partial charge in [0.15, 0.2) is 0 Å². The Morgan fingerprint density at radius 1 is 1.29 bits per heavy atom. The molecule has 2 N–H and O–H groups in total. The fourth-order valence-corrected chi connectivity index (χ4v) is 4.44. The van der Waals surface area contributed by atoms with Crippen molar-refractivity contribution in [2.75, 3.05) is 12.8 Å². The lowest BCUT2D eigenvalue weighted by atomic mass is 10.1. The second kappa shape index (κ2) is 5.75. The molecule has 0 fully saturated rings. The molecule has 2 aromatic rings. The van der Waals surface area contributed by atoms with Crippen LogP contribution in [0.3, 0.4) is 0 Å². The van der Waals surface area contributed by atoms with Gasteiger partial charge >= 0.3 is 0 Å². The molecule has 1 heterocycles. The van der Waals surface area contributed by atoms with E-state index in [0.29, 0.717) is 17.8 Å². The van der Waals surface area contributed by atoms with Gasteiger partial charge in [-0.1, -0.05) is 0 Å². The number of rotatable bonds is 4. The standard InChI is InChI=1S/C14H19N3O2S2/c1-9-5-12(15)10(2)14(6-9)21(18,19)17(4)7-13-11(3)16-8-20-13/h5-6,8H,7,15H2,1-4H3. The maximum atomic E-state index is 12.7. The van der Waals surface area contributed by atoms with E-state index in [2.05, 4.69) is 4.98 Å². The minimum atomic E-state index is -3.58. The quantitative estimate of drug-likeness (QED) is 0.876. The second-order valence-corrected chi connectivity index (χ2v) is 8.05. The van der Waals surface area contributed by atoms with Crippen LogP contribution in [0.2, 0.25) is 0 Å². The SMILES string of the molecule is Cc1cc(N)c(C)c(S(=O)(=O)N(C)Cc2scnc2C)c1. The van der Waals surface area contributed by atoms with Gasteiger partial charge in [0.05, 0.1) is 16.1 Å². The predicted octanol–water partition coefficient (Wildman–Crippen LogP) is 2.47. The highest BCUT2D eigenvalue weighted by atomic mass is 32.2. The highest BCUT2D eigenvalue weighted by Gasteiger charge is 2.25. The first-order chi connectivity index (χ1) is 9.73. The number of sulfonamides is 1. The summed E-state index contributed by atoms with van der Waals surface area (Å²) in [5.74, 6) is 0. The summed E-state index contributed by atoms with van der Waals surface area (Å²) in [6.07, 6.45) is 0. The lowest BCUT2D eigenvalue weighted by molar-refractivity contribution is 0.468. The Bertz CT molecular complexity index is 767. The molecule has 21 heavy (non-hydrogen) atoms. The van der Waals surface area contributed by atoms with Crippen LogP contribution < -0.4 is 5.73 Å². The van der Waals surface area contributed by atoms with Gasteiger partial charge in [-0.3, -0.25) is 0 Å². The molecule has 0 amide bonds. The number of nitrogens with two attached hydrogens (primary N) is 1. The molecule has 0 aliphatic heterocycles. The zero-order valence-corrected chi connectivity index (χ0v) is 14.2. The molecule has 2 rings (SSSR count). The van der Waals surface area contributed by atoms with Crippen LogP contribution in [0.15, 0.2) is 22.5 Å². The molecule has 0 aliphatic carbocycles. The topological polar surface area (TPSA) is 76.3 Å². The van der Waals surface area contributed by atoms with Crippen molar-refractivity contribution in [3.05, 3.63) is 39.3 Å². The summed E-state index contributed by atoms with van der Waals surface area (Å²) in [5.41, 5.74) is 10.4. The van der Waals surface area contributed by atoms with Gasteiger partial charge in [-0.2, -0.15) is 4.31 Å². The summed E-state index contributed by atoms with van der Waals surface area (Å²) in [6.45, 7) is 5.75. The van der Waals surface area contributed by atoms with E-state index in [1.54, 1.807) is 31.6 Å². The molecule has 0 saturated carbocycles. The summed E-state index contributed by atoms with van der Waals surface area (Å²) >= 11 is 1.46. The maximum absolute atomic E-state index is 12.7. The average molecular weight is 325 g/mol. The lowest BCUT2D eigenvalue weighted by Gasteiger charge is -2.19. The van der Waals surface area contributed by atoms with Gasteiger partial charge in [0.2, 0.25) is 10.0 Å². The number of aryl methyl sites for hydroxylation is 2. The van der Waals surface area contributed by atoms with Gasteiger partial charge in [0.25, 0.3) is 0 Å². The van der Waals surface area contributed by atoms with Crippen molar-refractivity contribution in [1.82, 2.24) is 9.29 Å². The highest BCUT2D eigenvalue weighted by molar-refractivity contribution is 7.89. The summed E-state index contributed by atoms with van der Waals surface area (Å²) in [6, 6.07) is 3.44. The Balaban J connectivity index is 2.40. The van der Waals surface area contributed by atoms with E-state index in [9.17, 15) is 8.42 Å². The number of thiazole rings is 1. The van der Waals surface area contributed by atoms with Crippen LogP contribution in [0.4, 0.5) is 5.69 Å². The molecular weight excluding hydrogens is 306 g/mol. The molecule has 5 nitrogen and oxygen atoms in total. The van der Waals surface area contributed by atoms with Crippen LogP contribution in [0.1, 0.15) is 21.7 Å². The molecule has 1 aromatic carbocycles. The molecule has 1 aromatic heterocycles. The Labute approximate surface area is 129 Å². The third-order valence-electron chi connectivity index (χ3n) is 3.44. The van der Waals surface area contributed by atoms with Crippen LogP contribution in [0.25, 0.3) is 0 Å². The number of nitrogens with zero attached hydrogens (tertiary/aromatic N) is 2. The van der Waals surface area contributed by atoms with E-state index >= 15 is 0 Å². The van der Waals surface area contributed by atoms with Gasteiger partial charge in [0.1, 0.15) is 0 Å². The zero-order chi connectivity index (χ0) is 15.8. The van der Waals surface area contributed by atoms with Crippen LogP contribution >= 0.6 is 11.3 Å². The van der Waals surface area contributed by atoms with Crippen LogP contribution in [-0.2, 0) is 16.6 Å². The van der Waals surface area contributed by atoms with E-state index in [0.717, 1.165) is 16.1 Å². The highest BCUT2D eigenvalue weighted by Crippen LogP contribution is 2.27. The van der Waals surface area contributed by atoms with Crippen molar-refractivity contribution in [1.29, 1.82) is 0 Å². The van der Waals surface area contributed by atoms with Gasteiger partial charge in [-0.15, -0.1) is 11.3 Å². The monoisotopic (exact) mass is 325 g/mol. The van der Waals surface area contributed by atoms with Gasteiger partial charge < -0.3 is 5.73 Å². The Morgan fingerprint density at radius 2 is 1.95 bits per heavy atom. The molecule has 114 valence electrons. The van der Waals surface area contributed by atoms with Gasteiger partial charge in [-0.25, -0.2) is 13.4 Å². The largest absolute Gasteiger partial charge is 0.398 e. The van der Waals surface area contributed by atoms with E-state index in [1.807, 2.05) is 13.8 Å². The van der Waals surface area contributed by atoms with Crippen molar-refractivity contribution in [3.63, 3.8) is 0 Å². The molecule has 7 heteroatoms. The van der Waals surface area contributed by atoms with E-state index in [-0.39, 0.29) is 4.90 Å². The van der Waals surface area contributed by atoms with Crippen molar-refractivity contribution in [2.24, 2.45) is 0 Å². The second-order valence-electron chi connectivity index (χ2n) is 5.10. The van der Waals surface area contributed by atoms with Gasteiger partial charge in [-0.05, 0) is 44.0 Å². The fourth-order valence-electron chi connectivity index (χ4n) is 2.05. The number of anilines is 1. The summed E-state index contributed by atoms with van der Waals surface area (Å²) in [7, 11) is -2.00. The first-order valence-corrected chi connectivity index (χ1v) is 8.77. The maximum Gasteiger partial charge on any atom is 0.243 e. The van der Waals surface area contributed by atoms with E-state index in [4.69, 9.17) is 5.73 Å². The number of benzene rings is 1. The normalized spacial score (nSPS) is 12.0. The molecule has 0 spiro atoms. The van der Waals surface area contributed by atoms with Crippen molar-refractivity contribution < 1.29 is 8.42 Å². The van der Waals surface area contributed by atoms with Crippen LogP contribution in [0.5, 0.6) is 0 Å². The zero-order valence-electron chi connectivity index (χ0n) is 12.5. The number of hydrogen-bond acceptors (Lipinski definition) is 5. The Kier molecular flexibility index (Phi) is 4.36. The average Bonchev–Trinajstić information content (AvgIpc) is 2.79. The first-order valence-electron chi connectivity index (χ1n) is 6.45. The Morgan fingerprint density at radius 3 is 2.52 bits per heavy atom. The predicted molar refractivity (Wildman–Crippen MR) is 85.8 cm³/mol. The molecular formula is C14H19N3O2S2. The van der Waals surface area contributed by atoms with Crippen molar-refractivity contribution in [2.45, 2.75) is 32.2 Å². The third kappa shape index (κ3) is 3.09. The molecule has 0 aliphatic rings. The van der Waals surface area contributed by atoms with E-state index < -0.39 is 10.0 Å². The number of nitrogen functional groups attached to an aromatic ring is 1. The molecule has 0 radical (unpaired) electrons. The van der Waals surface area contributed by atoms with Crippen molar-refractivity contribution in [3.8, 4) is 0 Å². The molecule has 0 atom stereocenters. The molecule has 0 unspecified atom stereocenters. The van der Waals surface area contributed by atoms with Crippen molar-refractivity contribution >= 4 is 27.0 Å². The summed E-state index contributed by atoms with van der Waals surface area (Å²) in [4.78, 5) is 5.36. The lowest BCUT2D eigenvalue weighted by Crippen LogP contribution is -2.27. The van der Waals surface area contributed by atoms with E-state index in [1.165, 1.54) is 15.6 Å². The number of aromatic nitrogens is 1. The minimum absolute atomic E-state index is 0.268. The van der Waals surface area contributed by atoms with Crippen LogP contribution in [0, 0.1) is 20.8 Å². The molecule has 0 saturated heterocycles. The van der Waals surface area contributed by atoms with Crippen LogP contribution in [-0.4, -0.2) is 24.8 Å². The Hall–Kier alpha value is -1.44. The fraction of sp³-hybridized carbons (Fsp3) is 0.357. The first kappa shape index (κ1) is 15.9. The summed E-state index contributed by atoms with van der Waals surface area (Å²) in [5, 5.41) is 0.